The van der Waals surface area contributed by atoms with Gasteiger partial charge in [0.15, 0.2) is 8.77 Å². The quantitative estimate of drug-likeness (QED) is 0.789. The number of hydrogen-bond acceptors (Lipinski definition) is 4. The summed E-state index contributed by atoms with van der Waals surface area (Å²) in [5.41, 5.74) is 0. The lowest BCUT2D eigenvalue weighted by molar-refractivity contribution is 0.402. The maximum Gasteiger partial charge on any atom is 0.174 e. The highest BCUT2D eigenvalue weighted by Gasteiger charge is 2.10. The molecule has 0 aliphatic heterocycles. The summed E-state index contributed by atoms with van der Waals surface area (Å²) in [5, 5.41) is 0. The minimum Gasteiger partial charge on any atom is -0.495 e. The molecule has 0 saturated carbocycles. The van der Waals surface area contributed by atoms with E-state index >= 15 is 0 Å². The first kappa shape index (κ1) is 12.3. The molecule has 0 heterocycles. The summed E-state index contributed by atoms with van der Waals surface area (Å²) in [6, 6.07) is 6.43. The SMILES string of the molecule is COc1ccccc1S(=O)(O)=S.N. The Labute approximate surface area is 82.0 Å². The van der Waals surface area contributed by atoms with Crippen molar-refractivity contribution in [2.75, 3.05) is 7.11 Å². The Hall–Kier alpha value is -0.690. The molecular formula is C7H11NO3S2. The fourth-order valence-corrected chi connectivity index (χ4v) is 1.90. The molecule has 1 rings (SSSR count). The maximum atomic E-state index is 11.1. The average molecular weight is 221 g/mol. The van der Waals surface area contributed by atoms with Gasteiger partial charge in [-0.25, -0.2) is 4.21 Å². The van der Waals surface area contributed by atoms with Crippen molar-refractivity contribution >= 4 is 20.0 Å². The van der Waals surface area contributed by atoms with Crippen LogP contribution in [0.2, 0.25) is 0 Å². The van der Waals surface area contributed by atoms with Crippen LogP contribution in [0.5, 0.6) is 5.75 Å². The standard InChI is InChI=1S/C7H8O3S2.H3N/c1-10-6-4-2-3-5-7(6)12(8,9)11;/h2-5H,1H3,(H,8,9,11);1H3. The van der Waals surface area contributed by atoms with E-state index in [1.54, 1.807) is 18.2 Å². The molecule has 4 N–H and O–H groups in total. The third-order valence-electron chi connectivity index (χ3n) is 1.35. The molecule has 0 spiro atoms. The number of methoxy groups -OCH3 is 1. The largest absolute Gasteiger partial charge is 0.495 e. The van der Waals surface area contributed by atoms with Gasteiger partial charge >= 0.3 is 0 Å². The topological polar surface area (TPSA) is 81.5 Å². The molecule has 1 aromatic carbocycles. The summed E-state index contributed by atoms with van der Waals surface area (Å²) < 4.78 is 25.0. The molecule has 4 nitrogen and oxygen atoms in total. The molecule has 0 aliphatic rings. The number of ether oxygens (including phenoxy) is 1. The first-order valence-electron chi connectivity index (χ1n) is 3.16. The van der Waals surface area contributed by atoms with E-state index in [-0.39, 0.29) is 11.0 Å². The van der Waals surface area contributed by atoms with Gasteiger partial charge in [-0.3, -0.25) is 0 Å². The lowest BCUT2D eigenvalue weighted by atomic mass is 10.3. The molecule has 6 heteroatoms. The summed E-state index contributed by atoms with van der Waals surface area (Å²) in [7, 11) is -1.91. The Kier molecular flexibility index (Phi) is 4.28. The van der Waals surface area contributed by atoms with Crippen molar-refractivity contribution in [2.24, 2.45) is 0 Å². The van der Waals surface area contributed by atoms with Crippen molar-refractivity contribution in [2.45, 2.75) is 4.90 Å². The van der Waals surface area contributed by atoms with Gasteiger partial charge in [0.05, 0.1) is 7.11 Å². The molecular weight excluding hydrogens is 210 g/mol. The van der Waals surface area contributed by atoms with Crippen LogP contribution in [0.4, 0.5) is 0 Å². The van der Waals surface area contributed by atoms with E-state index < -0.39 is 8.77 Å². The zero-order valence-electron chi connectivity index (χ0n) is 7.10. The van der Waals surface area contributed by atoms with Crippen LogP contribution in [0.15, 0.2) is 29.2 Å². The summed E-state index contributed by atoms with van der Waals surface area (Å²) in [6.45, 7) is 0. The third-order valence-corrected chi connectivity index (χ3v) is 2.78. The lowest BCUT2D eigenvalue weighted by Gasteiger charge is -2.05. The zero-order chi connectivity index (χ0) is 9.19. The van der Waals surface area contributed by atoms with E-state index in [1.165, 1.54) is 13.2 Å². The Balaban J connectivity index is 0.00000144. The molecule has 1 aromatic rings. The highest BCUT2D eigenvalue weighted by atomic mass is 32.8. The highest BCUT2D eigenvalue weighted by Crippen LogP contribution is 2.22. The van der Waals surface area contributed by atoms with E-state index in [0.29, 0.717) is 5.75 Å². The Morgan fingerprint density at radius 2 is 2.00 bits per heavy atom. The Morgan fingerprint density at radius 3 is 2.38 bits per heavy atom. The molecule has 13 heavy (non-hydrogen) atoms. The van der Waals surface area contributed by atoms with Crippen molar-refractivity contribution in [1.29, 1.82) is 0 Å². The number of rotatable bonds is 2. The van der Waals surface area contributed by atoms with Crippen LogP contribution in [0, 0.1) is 0 Å². The third kappa shape index (κ3) is 2.92. The van der Waals surface area contributed by atoms with Crippen LogP contribution in [0.1, 0.15) is 0 Å². The van der Waals surface area contributed by atoms with Crippen molar-refractivity contribution in [3.63, 3.8) is 0 Å². The van der Waals surface area contributed by atoms with Crippen molar-refractivity contribution < 1.29 is 13.5 Å². The van der Waals surface area contributed by atoms with Crippen molar-refractivity contribution in [3.8, 4) is 5.75 Å². The van der Waals surface area contributed by atoms with Gasteiger partial charge in [0, 0.05) is 11.2 Å². The second-order valence-corrected chi connectivity index (χ2v) is 4.87. The summed E-state index contributed by atoms with van der Waals surface area (Å²) in [5.74, 6) is 0.347. The Morgan fingerprint density at radius 1 is 1.46 bits per heavy atom. The van der Waals surface area contributed by atoms with Gasteiger partial charge in [-0.15, -0.1) is 0 Å². The van der Waals surface area contributed by atoms with Crippen LogP contribution in [0.3, 0.4) is 0 Å². The predicted octanol–water partition coefficient (Wildman–Crippen LogP) is 1.44. The number of benzene rings is 1. The normalized spacial score (nSPS) is 14.0. The zero-order valence-corrected chi connectivity index (χ0v) is 8.73. The molecule has 0 aromatic heterocycles. The molecule has 0 fully saturated rings. The molecule has 0 saturated heterocycles. The molecule has 74 valence electrons. The first-order valence-corrected chi connectivity index (χ1v) is 5.60. The van der Waals surface area contributed by atoms with Gasteiger partial charge in [-0.05, 0) is 12.1 Å². The molecule has 0 radical (unpaired) electrons. The second-order valence-electron chi connectivity index (χ2n) is 2.13. The molecule has 1 unspecified atom stereocenters. The fourth-order valence-electron chi connectivity index (χ4n) is 0.832. The summed E-state index contributed by atoms with van der Waals surface area (Å²) in [4.78, 5) is 0.155. The van der Waals surface area contributed by atoms with Gasteiger partial charge < -0.3 is 15.4 Å². The lowest BCUT2D eigenvalue weighted by Crippen LogP contribution is -1.99. The predicted molar refractivity (Wildman–Crippen MR) is 54.4 cm³/mol. The van der Waals surface area contributed by atoms with Gasteiger partial charge in [-0.1, -0.05) is 12.1 Å². The van der Waals surface area contributed by atoms with Crippen LogP contribution < -0.4 is 10.9 Å². The van der Waals surface area contributed by atoms with E-state index in [2.05, 4.69) is 11.2 Å². The van der Waals surface area contributed by atoms with Gasteiger partial charge in [0.1, 0.15) is 10.6 Å². The minimum atomic E-state index is -3.34. The van der Waals surface area contributed by atoms with E-state index in [4.69, 9.17) is 9.29 Å². The maximum absolute atomic E-state index is 11.1. The van der Waals surface area contributed by atoms with Crippen LogP contribution in [-0.4, -0.2) is 15.9 Å². The summed E-state index contributed by atoms with van der Waals surface area (Å²) in [6.07, 6.45) is 0. The first-order chi connectivity index (χ1) is 5.55. The monoisotopic (exact) mass is 221 g/mol. The molecule has 0 bridgehead atoms. The smallest absolute Gasteiger partial charge is 0.174 e. The van der Waals surface area contributed by atoms with Gasteiger partial charge in [0.25, 0.3) is 0 Å². The molecule has 0 aliphatic carbocycles. The molecule has 0 amide bonds. The number of para-hydroxylation sites is 1. The van der Waals surface area contributed by atoms with E-state index in [9.17, 15) is 4.21 Å². The van der Waals surface area contributed by atoms with Crippen molar-refractivity contribution in [3.05, 3.63) is 24.3 Å². The number of hydrogen-bond donors (Lipinski definition) is 2. The van der Waals surface area contributed by atoms with E-state index in [0.717, 1.165) is 0 Å². The van der Waals surface area contributed by atoms with Gasteiger partial charge in [-0.2, -0.15) is 0 Å². The van der Waals surface area contributed by atoms with Crippen LogP contribution >= 0.6 is 0 Å². The fraction of sp³-hybridized carbons (Fsp3) is 0.143. The Bertz CT molecular complexity index is 375. The second kappa shape index (κ2) is 4.52. The average Bonchev–Trinajstić information content (AvgIpc) is 2.03. The van der Waals surface area contributed by atoms with Crippen LogP contribution in [0.25, 0.3) is 0 Å². The molecule has 1 atom stereocenters. The minimum absolute atomic E-state index is 0. The summed E-state index contributed by atoms with van der Waals surface area (Å²) >= 11 is 4.41. The van der Waals surface area contributed by atoms with Crippen molar-refractivity contribution in [1.82, 2.24) is 6.15 Å². The van der Waals surface area contributed by atoms with Crippen LogP contribution in [-0.2, 0) is 20.0 Å². The highest BCUT2D eigenvalue weighted by molar-refractivity contribution is 8.29. The van der Waals surface area contributed by atoms with Gasteiger partial charge in [0.2, 0.25) is 0 Å². The van der Waals surface area contributed by atoms with E-state index in [1.807, 2.05) is 0 Å².